The van der Waals surface area contributed by atoms with Crippen LogP contribution in [-0.4, -0.2) is 23.7 Å². The van der Waals surface area contributed by atoms with Crippen LogP contribution in [0.4, 0.5) is 10.5 Å². The summed E-state index contributed by atoms with van der Waals surface area (Å²) in [5, 5.41) is 10.0. The van der Waals surface area contributed by atoms with Gasteiger partial charge in [-0.1, -0.05) is 35.3 Å². The topological polar surface area (TPSA) is 78.1 Å². The van der Waals surface area contributed by atoms with E-state index in [-0.39, 0.29) is 18.1 Å². The summed E-state index contributed by atoms with van der Waals surface area (Å²) in [5.41, 5.74) is 8.76. The van der Waals surface area contributed by atoms with E-state index in [0.717, 1.165) is 16.3 Å². The molecule has 6 nitrogen and oxygen atoms in total. The molecule has 9 heteroatoms. The first kappa shape index (κ1) is 19.2. The Hall–Kier alpha value is -2.16. The van der Waals surface area contributed by atoms with Gasteiger partial charge in [-0.3, -0.25) is 5.43 Å². The molecule has 1 aromatic heterocycles. The maximum Gasteiger partial charge on any atom is 0.320 e. The SMILES string of the molecule is O=C(Nc1ccc(Cl)cc1)NC1NNCC1c1nc(-c2ccc(Cl)cc2)cs1. The minimum absolute atomic E-state index is 0.0158. The zero-order valence-corrected chi connectivity index (χ0v) is 16.9. The Morgan fingerprint density at radius 3 is 2.46 bits per heavy atom. The van der Waals surface area contributed by atoms with Crippen LogP contribution in [-0.2, 0) is 0 Å². The van der Waals surface area contributed by atoms with Gasteiger partial charge in [-0.2, -0.15) is 0 Å². The Morgan fingerprint density at radius 2 is 1.75 bits per heavy atom. The van der Waals surface area contributed by atoms with Crippen LogP contribution in [0.5, 0.6) is 0 Å². The number of hydrogen-bond donors (Lipinski definition) is 4. The molecule has 2 aromatic carbocycles. The quantitative estimate of drug-likeness (QED) is 0.489. The van der Waals surface area contributed by atoms with Gasteiger partial charge in [-0.05, 0) is 36.4 Å². The molecule has 1 saturated heterocycles. The van der Waals surface area contributed by atoms with E-state index >= 15 is 0 Å². The van der Waals surface area contributed by atoms with Crippen LogP contribution >= 0.6 is 34.5 Å². The monoisotopic (exact) mass is 433 g/mol. The van der Waals surface area contributed by atoms with E-state index in [1.54, 1.807) is 35.6 Å². The summed E-state index contributed by atoms with van der Waals surface area (Å²) in [4.78, 5) is 17.1. The highest BCUT2D eigenvalue weighted by Crippen LogP contribution is 2.29. The Kier molecular flexibility index (Phi) is 5.79. The van der Waals surface area contributed by atoms with Crippen molar-refractivity contribution in [1.82, 2.24) is 21.2 Å². The lowest BCUT2D eigenvalue weighted by molar-refractivity contribution is 0.245. The fraction of sp³-hybridized carbons (Fsp3) is 0.158. The van der Waals surface area contributed by atoms with Crippen LogP contribution in [0.2, 0.25) is 10.0 Å². The van der Waals surface area contributed by atoms with Gasteiger partial charge in [0.15, 0.2) is 0 Å². The molecule has 2 heterocycles. The van der Waals surface area contributed by atoms with Gasteiger partial charge in [-0.15, -0.1) is 11.3 Å². The summed E-state index contributed by atoms with van der Waals surface area (Å²) in [6.45, 7) is 0.666. The standard InChI is InChI=1S/C19H17Cl2N5OS/c20-12-3-1-11(2-4-12)16-10-28-18(24-16)15-9-22-26-17(15)25-19(27)23-14-7-5-13(21)6-8-14/h1-8,10,15,17,22,26H,9H2,(H2,23,25,27). The molecule has 0 saturated carbocycles. The number of carbonyl (C=O) groups excluding carboxylic acids is 1. The predicted molar refractivity (Wildman–Crippen MR) is 114 cm³/mol. The smallest absolute Gasteiger partial charge is 0.320 e. The van der Waals surface area contributed by atoms with Gasteiger partial charge < -0.3 is 10.6 Å². The number of aromatic nitrogens is 1. The van der Waals surface area contributed by atoms with Crippen LogP contribution < -0.4 is 21.5 Å². The first-order valence-corrected chi connectivity index (χ1v) is 10.2. The van der Waals surface area contributed by atoms with Crippen molar-refractivity contribution in [3.8, 4) is 11.3 Å². The molecule has 2 atom stereocenters. The Morgan fingerprint density at radius 1 is 1.07 bits per heavy atom. The molecule has 0 aliphatic carbocycles. The molecule has 0 spiro atoms. The highest BCUT2D eigenvalue weighted by atomic mass is 35.5. The number of nitrogens with zero attached hydrogens (tertiary/aromatic N) is 1. The number of hydrogen-bond acceptors (Lipinski definition) is 5. The van der Waals surface area contributed by atoms with Crippen molar-refractivity contribution in [3.05, 3.63) is 69.0 Å². The number of halogens is 2. The number of nitrogens with one attached hydrogen (secondary N) is 4. The molecule has 2 amide bonds. The average Bonchev–Trinajstić information content (AvgIpc) is 3.33. The molecule has 3 aromatic rings. The van der Waals surface area contributed by atoms with Gasteiger partial charge in [0.05, 0.1) is 11.6 Å². The van der Waals surface area contributed by atoms with Crippen molar-refractivity contribution in [3.63, 3.8) is 0 Å². The summed E-state index contributed by atoms with van der Waals surface area (Å²) >= 11 is 13.4. The molecule has 4 N–H and O–H groups in total. The third kappa shape index (κ3) is 4.45. The predicted octanol–water partition coefficient (Wildman–Crippen LogP) is 4.46. The molecule has 144 valence electrons. The van der Waals surface area contributed by atoms with Gasteiger partial charge in [0.1, 0.15) is 11.2 Å². The minimum Gasteiger partial charge on any atom is -0.321 e. The van der Waals surface area contributed by atoms with Crippen LogP contribution in [0.15, 0.2) is 53.9 Å². The Labute approximate surface area is 176 Å². The molecule has 28 heavy (non-hydrogen) atoms. The van der Waals surface area contributed by atoms with Gasteiger partial charge in [0, 0.05) is 33.2 Å². The number of amides is 2. The van der Waals surface area contributed by atoms with Crippen molar-refractivity contribution in [1.29, 1.82) is 0 Å². The van der Waals surface area contributed by atoms with E-state index in [2.05, 4.69) is 21.5 Å². The first-order valence-electron chi connectivity index (χ1n) is 8.61. The summed E-state index contributed by atoms with van der Waals surface area (Å²) in [7, 11) is 0. The molecule has 2 unspecified atom stereocenters. The molecule has 0 radical (unpaired) electrons. The minimum atomic E-state index is -0.303. The van der Waals surface area contributed by atoms with E-state index in [1.807, 2.05) is 29.6 Å². The van der Waals surface area contributed by atoms with Crippen LogP contribution in [0.3, 0.4) is 0 Å². The number of carbonyl (C=O) groups is 1. The average molecular weight is 434 g/mol. The summed E-state index contributed by atoms with van der Waals surface area (Å²) in [6.07, 6.45) is -0.281. The zero-order chi connectivity index (χ0) is 19.5. The third-order valence-corrected chi connectivity index (χ3v) is 5.83. The summed E-state index contributed by atoms with van der Waals surface area (Å²) in [6, 6.07) is 14.2. The third-order valence-electron chi connectivity index (χ3n) is 4.35. The lowest BCUT2D eigenvalue weighted by atomic mass is 10.1. The van der Waals surface area contributed by atoms with Gasteiger partial charge in [0.2, 0.25) is 0 Å². The van der Waals surface area contributed by atoms with Crippen molar-refractivity contribution < 1.29 is 4.79 Å². The molecule has 4 rings (SSSR count). The Balaban J connectivity index is 1.42. The summed E-state index contributed by atoms with van der Waals surface area (Å²) in [5.74, 6) is 0.0158. The van der Waals surface area contributed by atoms with E-state index in [1.165, 1.54) is 0 Å². The van der Waals surface area contributed by atoms with E-state index < -0.39 is 0 Å². The second-order valence-corrected chi connectivity index (χ2v) is 8.06. The van der Waals surface area contributed by atoms with E-state index in [4.69, 9.17) is 28.2 Å². The summed E-state index contributed by atoms with van der Waals surface area (Å²) < 4.78 is 0. The molecular formula is C19H17Cl2N5OS. The number of anilines is 1. The maximum absolute atomic E-state index is 12.3. The largest absolute Gasteiger partial charge is 0.321 e. The molecule has 1 aliphatic rings. The molecule has 1 aliphatic heterocycles. The van der Waals surface area contributed by atoms with E-state index in [9.17, 15) is 4.79 Å². The fourth-order valence-electron chi connectivity index (χ4n) is 2.92. The number of urea groups is 1. The van der Waals surface area contributed by atoms with Crippen LogP contribution in [0.25, 0.3) is 11.3 Å². The highest BCUT2D eigenvalue weighted by Gasteiger charge is 2.32. The lowest BCUT2D eigenvalue weighted by Gasteiger charge is -2.18. The highest BCUT2D eigenvalue weighted by molar-refractivity contribution is 7.10. The molecule has 1 fully saturated rings. The number of rotatable bonds is 4. The van der Waals surface area contributed by atoms with Crippen LogP contribution in [0.1, 0.15) is 10.9 Å². The van der Waals surface area contributed by atoms with Gasteiger partial charge in [0.25, 0.3) is 0 Å². The molecule has 0 bridgehead atoms. The van der Waals surface area contributed by atoms with Crippen molar-refractivity contribution in [2.75, 3.05) is 11.9 Å². The zero-order valence-electron chi connectivity index (χ0n) is 14.6. The van der Waals surface area contributed by atoms with Crippen molar-refractivity contribution >= 4 is 46.3 Å². The fourth-order valence-corrected chi connectivity index (χ4v) is 4.14. The van der Waals surface area contributed by atoms with Gasteiger partial charge in [-0.25, -0.2) is 15.2 Å². The van der Waals surface area contributed by atoms with Crippen molar-refractivity contribution in [2.24, 2.45) is 0 Å². The number of thiazole rings is 1. The lowest BCUT2D eigenvalue weighted by Crippen LogP contribution is -2.47. The Bertz CT molecular complexity index is 961. The normalized spacial score (nSPS) is 18.8. The number of hydrazine groups is 1. The first-order chi connectivity index (χ1) is 13.6. The van der Waals surface area contributed by atoms with Gasteiger partial charge >= 0.3 is 6.03 Å². The maximum atomic E-state index is 12.3. The van der Waals surface area contributed by atoms with Crippen LogP contribution in [0, 0.1) is 0 Å². The van der Waals surface area contributed by atoms with E-state index in [0.29, 0.717) is 22.3 Å². The second-order valence-electron chi connectivity index (χ2n) is 6.29. The second kappa shape index (κ2) is 8.46. The van der Waals surface area contributed by atoms with Crippen molar-refractivity contribution in [2.45, 2.75) is 12.1 Å². The molecular weight excluding hydrogens is 417 g/mol. The number of benzene rings is 2.